The molecule has 2 N–H and O–H groups in total. The predicted molar refractivity (Wildman–Crippen MR) is 81.8 cm³/mol. The number of hydrogen-bond acceptors (Lipinski definition) is 3. The van der Waals surface area contributed by atoms with Gasteiger partial charge < -0.3 is 10.4 Å². The zero-order chi connectivity index (χ0) is 14.7. The molecule has 4 nitrogen and oxygen atoms in total. The Morgan fingerprint density at radius 1 is 1.35 bits per heavy atom. The summed E-state index contributed by atoms with van der Waals surface area (Å²) in [6, 6.07) is 3.05. The summed E-state index contributed by atoms with van der Waals surface area (Å²) in [5.74, 6) is -0.217. The molecule has 20 heavy (non-hydrogen) atoms. The average Bonchev–Trinajstić information content (AvgIpc) is 2.33. The maximum atomic E-state index is 12.0. The van der Waals surface area contributed by atoms with Crippen LogP contribution in [0.1, 0.15) is 12.8 Å². The molecule has 0 radical (unpaired) electrons. The molecule has 1 fully saturated rings. The third-order valence-corrected chi connectivity index (χ3v) is 3.93. The van der Waals surface area contributed by atoms with Crippen LogP contribution in [-0.4, -0.2) is 41.7 Å². The molecule has 1 aliphatic rings. The summed E-state index contributed by atoms with van der Waals surface area (Å²) >= 11 is 17.8. The maximum Gasteiger partial charge on any atom is 0.238 e. The van der Waals surface area contributed by atoms with E-state index >= 15 is 0 Å². The van der Waals surface area contributed by atoms with Crippen molar-refractivity contribution in [3.8, 4) is 0 Å². The first-order valence-electron chi connectivity index (χ1n) is 6.30. The molecule has 2 rings (SSSR count). The van der Waals surface area contributed by atoms with Crippen LogP contribution in [0.15, 0.2) is 12.1 Å². The largest absolute Gasteiger partial charge is 0.392 e. The monoisotopic (exact) mass is 336 g/mol. The number of likely N-dealkylation sites (tertiary alicyclic amines) is 1. The molecule has 1 amide bonds. The Balaban J connectivity index is 1.98. The zero-order valence-electron chi connectivity index (χ0n) is 10.7. The third kappa shape index (κ3) is 4.24. The minimum Gasteiger partial charge on any atom is -0.392 e. The molecule has 1 atom stereocenters. The number of anilines is 1. The topological polar surface area (TPSA) is 52.6 Å². The zero-order valence-corrected chi connectivity index (χ0v) is 13.0. The van der Waals surface area contributed by atoms with Crippen molar-refractivity contribution in [1.82, 2.24) is 4.90 Å². The van der Waals surface area contributed by atoms with Gasteiger partial charge in [-0.1, -0.05) is 34.8 Å². The van der Waals surface area contributed by atoms with E-state index in [0.717, 1.165) is 19.4 Å². The number of nitrogens with one attached hydrogen (secondary N) is 1. The highest BCUT2D eigenvalue weighted by Crippen LogP contribution is 2.33. The SMILES string of the molecule is O=C(CN1CCC[C@H](O)C1)Nc1c(Cl)cc(Cl)cc1Cl. The molecule has 1 aliphatic heterocycles. The Morgan fingerprint density at radius 2 is 2.00 bits per heavy atom. The Labute approximate surface area is 132 Å². The second-order valence-corrected chi connectivity index (χ2v) is 6.07. The number of aliphatic hydroxyl groups is 1. The standard InChI is InChI=1S/C13H15Cl3N2O2/c14-8-4-10(15)13(11(16)5-8)17-12(20)7-18-3-1-2-9(19)6-18/h4-5,9,19H,1-3,6-7H2,(H,17,20)/t9-/m0/s1. The quantitative estimate of drug-likeness (QED) is 0.891. The van der Waals surface area contributed by atoms with E-state index in [4.69, 9.17) is 34.8 Å². The fourth-order valence-corrected chi connectivity index (χ4v) is 3.13. The molecule has 0 bridgehead atoms. The summed E-state index contributed by atoms with van der Waals surface area (Å²) in [7, 11) is 0. The second-order valence-electron chi connectivity index (χ2n) is 4.82. The van der Waals surface area contributed by atoms with Crippen molar-refractivity contribution < 1.29 is 9.90 Å². The normalized spacial score (nSPS) is 19.9. The Hall–Kier alpha value is -0.520. The van der Waals surface area contributed by atoms with Crippen LogP contribution in [0, 0.1) is 0 Å². The molecular formula is C13H15Cl3N2O2. The summed E-state index contributed by atoms with van der Waals surface area (Å²) in [5.41, 5.74) is 0.361. The number of aliphatic hydroxyl groups excluding tert-OH is 1. The van der Waals surface area contributed by atoms with Gasteiger partial charge in [-0.15, -0.1) is 0 Å². The molecule has 110 valence electrons. The molecule has 1 heterocycles. The summed E-state index contributed by atoms with van der Waals surface area (Å²) in [6.45, 7) is 1.51. The molecule has 7 heteroatoms. The van der Waals surface area contributed by atoms with E-state index in [1.54, 1.807) is 0 Å². The number of carbonyl (C=O) groups excluding carboxylic acids is 1. The highest BCUT2D eigenvalue weighted by atomic mass is 35.5. The van der Waals surface area contributed by atoms with Crippen molar-refractivity contribution in [2.45, 2.75) is 18.9 Å². The molecule has 0 aromatic heterocycles. The van der Waals surface area contributed by atoms with Gasteiger partial charge in [-0.2, -0.15) is 0 Å². The Bertz CT molecular complexity index is 487. The lowest BCUT2D eigenvalue weighted by molar-refractivity contribution is -0.118. The van der Waals surface area contributed by atoms with Crippen molar-refractivity contribution >= 4 is 46.4 Å². The summed E-state index contributed by atoms with van der Waals surface area (Å²) in [4.78, 5) is 13.9. The lowest BCUT2D eigenvalue weighted by Crippen LogP contribution is -2.42. The molecule has 1 aromatic carbocycles. The van der Waals surface area contributed by atoms with Gasteiger partial charge in [0, 0.05) is 11.6 Å². The molecule has 1 saturated heterocycles. The first-order chi connectivity index (χ1) is 9.45. The number of amides is 1. The van der Waals surface area contributed by atoms with Gasteiger partial charge in [0.1, 0.15) is 0 Å². The van der Waals surface area contributed by atoms with Crippen LogP contribution in [0.25, 0.3) is 0 Å². The summed E-state index contributed by atoms with van der Waals surface area (Å²) in [6.07, 6.45) is 1.31. The van der Waals surface area contributed by atoms with Gasteiger partial charge in [0.15, 0.2) is 0 Å². The first kappa shape index (κ1) is 15.9. The van der Waals surface area contributed by atoms with E-state index < -0.39 is 0 Å². The second kappa shape index (κ2) is 6.96. The summed E-state index contributed by atoms with van der Waals surface area (Å²) < 4.78 is 0. The predicted octanol–water partition coefficient (Wildman–Crippen LogP) is 3.04. The number of β-amino-alcohol motifs (C(OH)–C–C–N with tert-alkyl or cyclic N) is 1. The van der Waals surface area contributed by atoms with Gasteiger partial charge in [-0.25, -0.2) is 0 Å². The fraction of sp³-hybridized carbons (Fsp3) is 0.462. The van der Waals surface area contributed by atoms with Crippen molar-refractivity contribution in [1.29, 1.82) is 0 Å². The lowest BCUT2D eigenvalue weighted by atomic mass is 10.1. The van der Waals surface area contributed by atoms with E-state index in [1.165, 1.54) is 12.1 Å². The first-order valence-corrected chi connectivity index (χ1v) is 7.44. The molecule has 0 unspecified atom stereocenters. The van der Waals surface area contributed by atoms with Gasteiger partial charge in [-0.05, 0) is 31.5 Å². The highest BCUT2D eigenvalue weighted by Gasteiger charge is 2.20. The Morgan fingerprint density at radius 3 is 2.60 bits per heavy atom. The lowest BCUT2D eigenvalue weighted by Gasteiger charge is -2.29. The van der Waals surface area contributed by atoms with Crippen molar-refractivity contribution in [3.63, 3.8) is 0 Å². The fourth-order valence-electron chi connectivity index (χ4n) is 2.22. The van der Waals surface area contributed by atoms with E-state index in [0.29, 0.717) is 27.3 Å². The van der Waals surface area contributed by atoms with Gasteiger partial charge >= 0.3 is 0 Å². The van der Waals surface area contributed by atoms with Gasteiger partial charge in [-0.3, -0.25) is 9.69 Å². The van der Waals surface area contributed by atoms with Crippen LogP contribution in [0.5, 0.6) is 0 Å². The van der Waals surface area contributed by atoms with Crippen molar-refractivity contribution in [3.05, 3.63) is 27.2 Å². The number of nitrogens with zero attached hydrogens (tertiary/aromatic N) is 1. The number of halogens is 3. The van der Waals surface area contributed by atoms with Crippen LogP contribution in [0.3, 0.4) is 0 Å². The van der Waals surface area contributed by atoms with Crippen molar-refractivity contribution in [2.24, 2.45) is 0 Å². The summed E-state index contributed by atoms with van der Waals surface area (Å²) in [5, 5.41) is 13.3. The molecular weight excluding hydrogens is 323 g/mol. The van der Waals surface area contributed by atoms with Gasteiger partial charge in [0.2, 0.25) is 5.91 Å². The van der Waals surface area contributed by atoms with E-state index in [9.17, 15) is 9.90 Å². The Kier molecular flexibility index (Phi) is 5.52. The number of rotatable bonds is 3. The number of piperidine rings is 1. The molecule has 0 spiro atoms. The number of hydrogen-bond donors (Lipinski definition) is 2. The van der Waals surface area contributed by atoms with Crippen LogP contribution in [0.2, 0.25) is 15.1 Å². The molecule has 1 aromatic rings. The van der Waals surface area contributed by atoms with Gasteiger partial charge in [0.05, 0.1) is 28.4 Å². The van der Waals surface area contributed by atoms with E-state index in [1.807, 2.05) is 4.90 Å². The molecule has 0 saturated carbocycles. The van der Waals surface area contributed by atoms with E-state index in [2.05, 4.69) is 5.32 Å². The van der Waals surface area contributed by atoms with Gasteiger partial charge in [0.25, 0.3) is 0 Å². The number of carbonyl (C=O) groups is 1. The van der Waals surface area contributed by atoms with Crippen LogP contribution < -0.4 is 5.32 Å². The van der Waals surface area contributed by atoms with Crippen LogP contribution in [0.4, 0.5) is 5.69 Å². The number of benzene rings is 1. The molecule has 0 aliphatic carbocycles. The minimum atomic E-state index is -0.362. The minimum absolute atomic E-state index is 0.201. The van der Waals surface area contributed by atoms with Crippen LogP contribution in [-0.2, 0) is 4.79 Å². The maximum absolute atomic E-state index is 12.0. The third-order valence-electron chi connectivity index (χ3n) is 3.12. The smallest absolute Gasteiger partial charge is 0.238 e. The van der Waals surface area contributed by atoms with Crippen LogP contribution >= 0.6 is 34.8 Å². The van der Waals surface area contributed by atoms with E-state index in [-0.39, 0.29) is 18.6 Å². The van der Waals surface area contributed by atoms with Crippen molar-refractivity contribution in [2.75, 3.05) is 25.0 Å². The highest BCUT2D eigenvalue weighted by molar-refractivity contribution is 6.42. The average molecular weight is 338 g/mol.